The van der Waals surface area contributed by atoms with Gasteiger partial charge in [0.1, 0.15) is 12.6 Å². The number of alkyl carbamates (subject to hydrolysis) is 1. The van der Waals surface area contributed by atoms with Gasteiger partial charge in [-0.15, -0.1) is 0 Å². The summed E-state index contributed by atoms with van der Waals surface area (Å²) in [6.07, 6.45) is 1.38. The van der Waals surface area contributed by atoms with Crippen LogP contribution in [0.3, 0.4) is 0 Å². The van der Waals surface area contributed by atoms with Crippen molar-refractivity contribution < 1.29 is 39.5 Å². The molecule has 1 unspecified atom stereocenters. The highest BCUT2D eigenvalue weighted by atomic mass is 35.5. The van der Waals surface area contributed by atoms with E-state index in [4.69, 9.17) is 56.2 Å². The topological polar surface area (TPSA) is 153 Å². The quantitative estimate of drug-likeness (QED) is 0.0953. The van der Waals surface area contributed by atoms with Crippen molar-refractivity contribution in [3.8, 4) is 22.6 Å². The van der Waals surface area contributed by atoms with Gasteiger partial charge in [0, 0.05) is 17.8 Å². The number of carbonyl (C=O) groups is 3. The minimum absolute atomic E-state index is 0.0351. The molecule has 5 N–H and O–H groups in total. The molecule has 9 nitrogen and oxygen atoms in total. The Labute approximate surface area is 315 Å². The number of benzene rings is 4. The van der Waals surface area contributed by atoms with Crippen LogP contribution < -0.4 is 5.32 Å². The summed E-state index contributed by atoms with van der Waals surface area (Å²) in [5.74, 6) is -2.55. The number of halogens is 4. The Morgan fingerprint density at radius 2 is 1.25 bits per heavy atom. The predicted molar refractivity (Wildman–Crippen MR) is 199 cm³/mol. The molecule has 0 bridgehead atoms. The molecule has 1 amide bonds. The highest BCUT2D eigenvalue weighted by Crippen LogP contribution is 2.46. The van der Waals surface area contributed by atoms with Crippen molar-refractivity contribution in [2.24, 2.45) is 0 Å². The molecule has 270 valence electrons. The van der Waals surface area contributed by atoms with Crippen LogP contribution in [0.1, 0.15) is 74.1 Å². The molecule has 0 saturated heterocycles. The molecule has 4 aromatic rings. The fourth-order valence-electron chi connectivity index (χ4n) is 6.03. The number of fused-ring (bicyclic) bond motifs is 3. The highest BCUT2D eigenvalue weighted by molar-refractivity contribution is 6.37. The summed E-state index contributed by atoms with van der Waals surface area (Å²) in [7, 11) is 0. The highest BCUT2D eigenvalue weighted by Gasteiger charge is 2.33. The summed E-state index contributed by atoms with van der Waals surface area (Å²) in [5, 5.41) is 40.5. The SMILES string of the molecule is CC(CCC(=O)O)(c1cc(Cl)c(O)c(Cl)c1)c1cc(Cl)c(O)c(Cl)c1.CCCCC(NC(=O)OCC1c2ccccc2-c2ccccc21)C(=O)O. The molecule has 51 heavy (non-hydrogen) atoms. The van der Waals surface area contributed by atoms with Crippen molar-refractivity contribution in [3.63, 3.8) is 0 Å². The number of aromatic hydroxyl groups is 2. The van der Waals surface area contributed by atoms with Crippen molar-refractivity contribution >= 4 is 64.4 Å². The maximum absolute atomic E-state index is 12.1. The summed E-state index contributed by atoms with van der Waals surface area (Å²) in [6.45, 7) is 3.94. The van der Waals surface area contributed by atoms with Gasteiger partial charge in [-0.2, -0.15) is 0 Å². The molecule has 1 aliphatic rings. The summed E-state index contributed by atoms with van der Waals surface area (Å²) in [6, 6.07) is 21.3. The number of carboxylic acids is 2. The van der Waals surface area contributed by atoms with Gasteiger partial charge < -0.3 is 30.5 Å². The van der Waals surface area contributed by atoms with Gasteiger partial charge in [0.2, 0.25) is 0 Å². The van der Waals surface area contributed by atoms with Crippen LogP contribution in [0.15, 0.2) is 72.8 Å². The minimum Gasteiger partial charge on any atom is -0.505 e. The summed E-state index contributed by atoms with van der Waals surface area (Å²) < 4.78 is 5.39. The van der Waals surface area contributed by atoms with Crippen LogP contribution in [-0.2, 0) is 19.7 Å². The number of carbonyl (C=O) groups excluding carboxylic acids is 1. The first-order valence-corrected chi connectivity index (χ1v) is 17.6. The number of unbranched alkanes of at least 4 members (excludes halogenated alkanes) is 1. The Bertz CT molecular complexity index is 1770. The van der Waals surface area contributed by atoms with E-state index in [1.807, 2.05) is 43.3 Å². The Hall–Kier alpha value is -4.15. The first-order valence-electron chi connectivity index (χ1n) is 16.1. The molecule has 0 aliphatic heterocycles. The van der Waals surface area contributed by atoms with E-state index >= 15 is 0 Å². The number of carboxylic acid groups (broad SMARTS) is 2. The van der Waals surface area contributed by atoms with Crippen LogP contribution in [0.25, 0.3) is 11.1 Å². The van der Waals surface area contributed by atoms with Crippen LogP contribution in [-0.4, -0.2) is 51.1 Å². The number of phenolic OH excluding ortho intramolecular Hbond substituents is 2. The van der Waals surface area contributed by atoms with Crippen LogP contribution in [0.2, 0.25) is 20.1 Å². The second-order valence-electron chi connectivity index (χ2n) is 12.3. The molecule has 1 atom stereocenters. The number of aliphatic carboxylic acids is 2. The smallest absolute Gasteiger partial charge is 0.407 e. The molecule has 0 radical (unpaired) electrons. The van der Waals surface area contributed by atoms with Gasteiger partial charge in [0.05, 0.1) is 20.1 Å². The van der Waals surface area contributed by atoms with E-state index in [-0.39, 0.29) is 57.0 Å². The van der Waals surface area contributed by atoms with Gasteiger partial charge >= 0.3 is 18.0 Å². The number of nitrogens with one attached hydrogen (secondary N) is 1. The Kier molecular flexibility index (Phi) is 13.5. The zero-order chi connectivity index (χ0) is 37.5. The van der Waals surface area contributed by atoms with E-state index in [0.29, 0.717) is 17.5 Å². The number of amides is 1. The summed E-state index contributed by atoms with van der Waals surface area (Å²) >= 11 is 24.1. The number of ether oxygens (including phenoxy) is 1. The van der Waals surface area contributed by atoms with Crippen LogP contribution in [0.5, 0.6) is 11.5 Å². The number of rotatable bonds is 12. The lowest BCUT2D eigenvalue weighted by molar-refractivity contribution is -0.139. The molecular formula is C38H37Cl4NO8. The number of hydrogen-bond acceptors (Lipinski definition) is 6. The van der Waals surface area contributed by atoms with Crippen molar-refractivity contribution in [1.29, 1.82) is 0 Å². The maximum Gasteiger partial charge on any atom is 0.407 e. The Morgan fingerprint density at radius 3 is 1.67 bits per heavy atom. The number of phenols is 2. The third-order valence-electron chi connectivity index (χ3n) is 8.93. The average molecular weight is 778 g/mol. The Morgan fingerprint density at radius 1 is 0.804 bits per heavy atom. The fraction of sp³-hybridized carbons (Fsp3) is 0.289. The van der Waals surface area contributed by atoms with Crippen LogP contribution >= 0.6 is 46.4 Å². The van der Waals surface area contributed by atoms with Crippen LogP contribution in [0, 0.1) is 0 Å². The molecule has 0 heterocycles. The predicted octanol–water partition coefficient (Wildman–Crippen LogP) is 10.1. The van der Waals surface area contributed by atoms with Gasteiger partial charge in [0.25, 0.3) is 0 Å². The van der Waals surface area contributed by atoms with Gasteiger partial charge in [-0.25, -0.2) is 9.59 Å². The zero-order valence-electron chi connectivity index (χ0n) is 27.8. The largest absolute Gasteiger partial charge is 0.505 e. The monoisotopic (exact) mass is 775 g/mol. The van der Waals surface area contributed by atoms with Gasteiger partial charge in [-0.05, 0) is 70.5 Å². The first-order chi connectivity index (χ1) is 24.2. The van der Waals surface area contributed by atoms with E-state index in [2.05, 4.69) is 17.4 Å². The van der Waals surface area contributed by atoms with Gasteiger partial charge in [-0.1, -0.05) is 122 Å². The lowest BCUT2D eigenvalue weighted by Gasteiger charge is -2.31. The van der Waals surface area contributed by atoms with Crippen LogP contribution in [0.4, 0.5) is 4.79 Å². The third kappa shape index (κ3) is 9.40. The molecule has 0 fully saturated rings. The molecule has 5 rings (SSSR count). The summed E-state index contributed by atoms with van der Waals surface area (Å²) in [4.78, 5) is 34.5. The summed E-state index contributed by atoms with van der Waals surface area (Å²) in [5.41, 5.74) is 4.86. The van der Waals surface area contributed by atoms with Crippen molar-refractivity contribution in [3.05, 3.63) is 115 Å². The Balaban J connectivity index is 0.000000229. The standard InChI is InChI=1S/C21H23NO4.C17H14Cl4O4/c1-2-3-12-19(20(23)24)22-21(25)26-13-18-16-10-6-4-8-14(16)15-9-5-7-11-17(15)18;1-17(3-2-14(22)23,8-4-10(18)15(24)11(19)5-8)9-6-12(20)16(25)13(21)7-9/h4-11,18-19H,2-3,12-13H2,1H3,(H,22,25)(H,23,24);4-7,24-25H,2-3H2,1H3,(H,22,23). The van der Waals surface area contributed by atoms with E-state index in [1.54, 1.807) is 6.92 Å². The first kappa shape index (κ1) is 39.6. The molecule has 13 heteroatoms. The fourth-order valence-corrected chi connectivity index (χ4v) is 7.00. The van der Waals surface area contributed by atoms with Crippen molar-refractivity contribution in [1.82, 2.24) is 5.32 Å². The van der Waals surface area contributed by atoms with E-state index in [0.717, 1.165) is 35.1 Å². The molecular weight excluding hydrogens is 740 g/mol. The lowest BCUT2D eigenvalue weighted by atomic mass is 9.73. The van der Waals surface area contributed by atoms with Crippen molar-refractivity contribution in [2.45, 2.75) is 63.3 Å². The van der Waals surface area contributed by atoms with E-state index < -0.39 is 29.5 Å². The normalized spacial score (nSPS) is 12.6. The van der Waals surface area contributed by atoms with Crippen molar-refractivity contribution in [2.75, 3.05) is 6.61 Å². The number of hydrogen-bond donors (Lipinski definition) is 5. The second kappa shape index (κ2) is 17.4. The molecule has 0 saturated carbocycles. The molecule has 0 aromatic heterocycles. The van der Waals surface area contributed by atoms with E-state index in [9.17, 15) is 29.7 Å². The maximum atomic E-state index is 12.1. The van der Waals surface area contributed by atoms with Gasteiger partial charge in [0.15, 0.2) is 11.5 Å². The molecule has 4 aromatic carbocycles. The zero-order valence-corrected chi connectivity index (χ0v) is 30.8. The molecule has 1 aliphatic carbocycles. The minimum atomic E-state index is -1.04. The second-order valence-corrected chi connectivity index (χ2v) is 13.9. The third-order valence-corrected chi connectivity index (χ3v) is 10.1. The average Bonchev–Trinajstić information content (AvgIpc) is 3.42. The molecule has 0 spiro atoms. The lowest BCUT2D eigenvalue weighted by Crippen LogP contribution is -2.41. The van der Waals surface area contributed by atoms with Gasteiger partial charge in [-0.3, -0.25) is 4.79 Å². The van der Waals surface area contributed by atoms with E-state index in [1.165, 1.54) is 24.3 Å².